The number of rotatable bonds is 9. The van der Waals surface area contributed by atoms with Crippen molar-refractivity contribution in [2.75, 3.05) is 23.0 Å². The predicted octanol–water partition coefficient (Wildman–Crippen LogP) is -0.851. The molecule has 0 aliphatic heterocycles. The molecule has 0 rings (SSSR count). The molecule has 0 aromatic carbocycles. The molecular formula is C10H19NO6S2. The summed E-state index contributed by atoms with van der Waals surface area (Å²) in [6.07, 6.45) is 0.485. The SMILES string of the molecule is CCCS(=O)(=O)CCS(=O)C[C@H](NC(C)=O)C(=O)O. The summed E-state index contributed by atoms with van der Waals surface area (Å²) >= 11 is 0. The number of carbonyl (C=O) groups excluding carboxylic acids is 1. The summed E-state index contributed by atoms with van der Waals surface area (Å²) in [5, 5.41) is 11.0. The second-order valence-electron chi connectivity index (χ2n) is 4.05. The van der Waals surface area contributed by atoms with E-state index in [1.165, 1.54) is 0 Å². The van der Waals surface area contributed by atoms with Gasteiger partial charge in [-0.1, -0.05) is 6.92 Å². The van der Waals surface area contributed by atoms with Crippen LogP contribution in [0.25, 0.3) is 0 Å². The Balaban J connectivity index is 4.36. The molecule has 0 fully saturated rings. The van der Waals surface area contributed by atoms with E-state index in [2.05, 4.69) is 5.32 Å². The van der Waals surface area contributed by atoms with E-state index in [1.54, 1.807) is 6.92 Å². The van der Waals surface area contributed by atoms with Crippen molar-refractivity contribution in [2.45, 2.75) is 26.3 Å². The van der Waals surface area contributed by atoms with Crippen molar-refractivity contribution in [3.05, 3.63) is 0 Å². The molecule has 0 radical (unpaired) electrons. The molecule has 9 heteroatoms. The number of carboxylic acid groups (broad SMARTS) is 1. The Hall–Kier alpha value is -0.960. The van der Waals surface area contributed by atoms with Crippen molar-refractivity contribution >= 4 is 32.5 Å². The van der Waals surface area contributed by atoms with E-state index < -0.39 is 38.6 Å². The number of aliphatic carboxylic acids is 1. The van der Waals surface area contributed by atoms with Crippen LogP contribution in [0.4, 0.5) is 0 Å². The molecule has 0 saturated heterocycles. The smallest absolute Gasteiger partial charge is 0.327 e. The molecule has 0 bridgehead atoms. The zero-order valence-electron chi connectivity index (χ0n) is 10.9. The van der Waals surface area contributed by atoms with Crippen LogP contribution in [0.2, 0.25) is 0 Å². The highest BCUT2D eigenvalue weighted by atomic mass is 32.2. The Morgan fingerprint density at radius 3 is 2.32 bits per heavy atom. The number of hydrogen-bond donors (Lipinski definition) is 2. The first-order chi connectivity index (χ1) is 8.68. The first-order valence-corrected chi connectivity index (χ1v) is 9.04. The van der Waals surface area contributed by atoms with Crippen LogP contribution in [-0.4, -0.2) is 58.7 Å². The molecule has 19 heavy (non-hydrogen) atoms. The molecule has 0 heterocycles. The number of hydrogen-bond acceptors (Lipinski definition) is 5. The zero-order chi connectivity index (χ0) is 15.1. The molecule has 0 aliphatic rings. The minimum absolute atomic E-state index is 0.0260. The first kappa shape index (κ1) is 18.0. The van der Waals surface area contributed by atoms with Gasteiger partial charge in [-0.25, -0.2) is 13.2 Å². The summed E-state index contributed by atoms with van der Waals surface area (Å²) < 4.78 is 34.4. The third kappa shape index (κ3) is 8.71. The lowest BCUT2D eigenvalue weighted by atomic mass is 10.3. The molecule has 2 N–H and O–H groups in total. The van der Waals surface area contributed by atoms with Crippen LogP contribution in [0.1, 0.15) is 20.3 Å². The second-order valence-corrected chi connectivity index (χ2v) is 7.98. The van der Waals surface area contributed by atoms with E-state index in [0.29, 0.717) is 6.42 Å². The molecule has 0 saturated carbocycles. The summed E-state index contributed by atoms with van der Waals surface area (Å²) in [5.74, 6) is -2.46. The summed E-state index contributed by atoms with van der Waals surface area (Å²) in [4.78, 5) is 21.6. The van der Waals surface area contributed by atoms with Gasteiger partial charge in [-0.15, -0.1) is 0 Å². The van der Waals surface area contributed by atoms with Gasteiger partial charge in [-0.2, -0.15) is 0 Å². The summed E-state index contributed by atoms with van der Waals surface area (Å²) in [6.45, 7) is 2.89. The summed E-state index contributed by atoms with van der Waals surface area (Å²) in [7, 11) is -4.85. The monoisotopic (exact) mass is 313 g/mol. The minimum atomic E-state index is -3.23. The first-order valence-electron chi connectivity index (χ1n) is 5.73. The van der Waals surface area contributed by atoms with Crippen molar-refractivity contribution in [1.82, 2.24) is 5.32 Å². The maximum absolute atomic E-state index is 11.6. The van der Waals surface area contributed by atoms with Crippen LogP contribution in [-0.2, 0) is 30.2 Å². The molecule has 0 aromatic rings. The van der Waals surface area contributed by atoms with E-state index in [9.17, 15) is 22.2 Å². The lowest BCUT2D eigenvalue weighted by molar-refractivity contribution is -0.140. The predicted molar refractivity (Wildman–Crippen MR) is 72.1 cm³/mol. The van der Waals surface area contributed by atoms with Gasteiger partial charge in [-0.3, -0.25) is 9.00 Å². The van der Waals surface area contributed by atoms with Crippen LogP contribution < -0.4 is 5.32 Å². The Labute approximate surface area is 115 Å². The van der Waals surface area contributed by atoms with Crippen LogP contribution in [0.5, 0.6) is 0 Å². The Kier molecular flexibility index (Phi) is 7.84. The highest BCUT2D eigenvalue weighted by Crippen LogP contribution is 1.98. The maximum atomic E-state index is 11.6. The molecule has 1 unspecified atom stereocenters. The summed E-state index contributed by atoms with van der Waals surface area (Å²) in [5.41, 5.74) is 0. The van der Waals surface area contributed by atoms with E-state index in [1.807, 2.05) is 0 Å². The van der Waals surface area contributed by atoms with Gasteiger partial charge in [0.2, 0.25) is 5.91 Å². The van der Waals surface area contributed by atoms with E-state index in [4.69, 9.17) is 5.11 Å². The van der Waals surface area contributed by atoms with Gasteiger partial charge in [0.25, 0.3) is 0 Å². The average Bonchev–Trinajstić information content (AvgIpc) is 2.25. The van der Waals surface area contributed by atoms with E-state index in [-0.39, 0.29) is 23.0 Å². The Morgan fingerprint density at radius 1 is 1.32 bits per heavy atom. The van der Waals surface area contributed by atoms with Gasteiger partial charge in [-0.05, 0) is 6.42 Å². The Morgan fingerprint density at radius 2 is 1.89 bits per heavy atom. The fourth-order valence-electron chi connectivity index (χ4n) is 1.32. The quantitative estimate of drug-likeness (QED) is 0.572. The molecule has 7 nitrogen and oxygen atoms in total. The number of amides is 1. The molecule has 112 valence electrons. The van der Waals surface area contributed by atoms with Gasteiger partial charge in [0.05, 0.1) is 11.5 Å². The highest BCUT2D eigenvalue weighted by molar-refractivity contribution is 7.93. The normalized spacial score (nSPS) is 14.6. The number of sulfone groups is 1. The second kappa shape index (κ2) is 8.26. The molecule has 0 spiro atoms. The van der Waals surface area contributed by atoms with E-state index in [0.717, 1.165) is 6.92 Å². The number of carboxylic acids is 1. The molecule has 2 atom stereocenters. The lowest BCUT2D eigenvalue weighted by Crippen LogP contribution is -2.44. The van der Waals surface area contributed by atoms with Gasteiger partial charge < -0.3 is 10.4 Å². The molecule has 0 aromatic heterocycles. The van der Waals surface area contributed by atoms with Crippen molar-refractivity contribution in [3.8, 4) is 0 Å². The van der Waals surface area contributed by atoms with Crippen molar-refractivity contribution in [2.24, 2.45) is 0 Å². The number of nitrogens with one attached hydrogen (secondary N) is 1. The van der Waals surface area contributed by atoms with Crippen LogP contribution in [0, 0.1) is 0 Å². The molecule has 1 amide bonds. The van der Waals surface area contributed by atoms with Crippen molar-refractivity contribution in [3.63, 3.8) is 0 Å². The Bertz CT molecular complexity index is 445. The third-order valence-corrected chi connectivity index (χ3v) is 5.64. The van der Waals surface area contributed by atoms with Crippen molar-refractivity contribution in [1.29, 1.82) is 0 Å². The van der Waals surface area contributed by atoms with Crippen LogP contribution in [0.15, 0.2) is 0 Å². The standard InChI is InChI=1S/C10H19NO6S2/c1-3-5-19(16,17)6-4-18(15)7-9(10(13)14)11-8(2)12/h9H,3-7H2,1-2H3,(H,11,12)(H,13,14)/t9-,18?/m0/s1. The van der Waals surface area contributed by atoms with Gasteiger partial charge in [0, 0.05) is 29.2 Å². The lowest BCUT2D eigenvalue weighted by Gasteiger charge is -2.12. The zero-order valence-corrected chi connectivity index (χ0v) is 12.6. The van der Waals surface area contributed by atoms with Gasteiger partial charge in [0.15, 0.2) is 9.84 Å². The fraction of sp³-hybridized carbons (Fsp3) is 0.800. The fourth-order valence-corrected chi connectivity index (χ4v) is 4.67. The topological polar surface area (TPSA) is 118 Å². The van der Waals surface area contributed by atoms with Gasteiger partial charge in [0.1, 0.15) is 6.04 Å². The van der Waals surface area contributed by atoms with Crippen LogP contribution >= 0.6 is 0 Å². The maximum Gasteiger partial charge on any atom is 0.327 e. The van der Waals surface area contributed by atoms with Crippen LogP contribution in [0.3, 0.4) is 0 Å². The number of carbonyl (C=O) groups is 2. The molecular weight excluding hydrogens is 294 g/mol. The third-order valence-electron chi connectivity index (χ3n) is 2.17. The molecule has 0 aliphatic carbocycles. The minimum Gasteiger partial charge on any atom is -0.480 e. The van der Waals surface area contributed by atoms with Gasteiger partial charge >= 0.3 is 5.97 Å². The summed E-state index contributed by atoms with van der Waals surface area (Å²) in [6, 6.07) is -1.26. The highest BCUT2D eigenvalue weighted by Gasteiger charge is 2.22. The van der Waals surface area contributed by atoms with Crippen molar-refractivity contribution < 1.29 is 27.3 Å². The van der Waals surface area contributed by atoms with E-state index >= 15 is 0 Å². The largest absolute Gasteiger partial charge is 0.480 e. The average molecular weight is 313 g/mol.